The van der Waals surface area contributed by atoms with Gasteiger partial charge in [0.15, 0.2) is 16.9 Å². The number of carboxylic acids is 1. The van der Waals surface area contributed by atoms with Gasteiger partial charge in [0, 0.05) is 4.92 Å². The fourth-order valence-electron chi connectivity index (χ4n) is 3.19. The lowest BCUT2D eigenvalue weighted by molar-refractivity contribution is -0.485. The molecule has 0 spiro atoms. The second-order valence-corrected chi connectivity index (χ2v) is 6.98. The predicted octanol–water partition coefficient (Wildman–Crippen LogP) is 3.29. The number of nitrogens with zero attached hydrogens (tertiary/aromatic N) is 1. The van der Waals surface area contributed by atoms with Crippen LogP contribution in [0, 0.1) is 15.5 Å². The summed E-state index contributed by atoms with van der Waals surface area (Å²) in [5.41, 5.74) is -1.04. The summed E-state index contributed by atoms with van der Waals surface area (Å²) >= 11 is 0. The number of ether oxygens (including phenoxy) is 3. The summed E-state index contributed by atoms with van der Waals surface area (Å²) in [6.45, 7) is 2.03. The molecule has 1 N–H and O–H groups in total. The van der Waals surface area contributed by atoms with Crippen molar-refractivity contribution in [1.29, 1.82) is 0 Å². The Morgan fingerprint density at radius 1 is 1.16 bits per heavy atom. The van der Waals surface area contributed by atoms with Crippen molar-refractivity contribution in [3.63, 3.8) is 0 Å². The quantitative estimate of drug-likeness (QED) is 0.249. The van der Waals surface area contributed by atoms with Gasteiger partial charge in [0.05, 0.1) is 19.6 Å². The Balaban J connectivity index is 2.49. The van der Waals surface area contributed by atoms with E-state index in [9.17, 15) is 24.8 Å². The fraction of sp³-hybridized carbons (Fsp3) is 0.364. The van der Waals surface area contributed by atoms with Gasteiger partial charge in [-0.3, -0.25) is 19.7 Å². The van der Waals surface area contributed by atoms with Crippen molar-refractivity contribution in [2.75, 3.05) is 20.3 Å². The highest BCUT2D eigenvalue weighted by Crippen LogP contribution is 2.41. The van der Waals surface area contributed by atoms with Crippen molar-refractivity contribution in [1.82, 2.24) is 0 Å². The normalized spacial score (nSPS) is 13.5. The molecule has 9 heteroatoms. The van der Waals surface area contributed by atoms with E-state index in [1.165, 1.54) is 32.2 Å². The van der Waals surface area contributed by atoms with Gasteiger partial charge < -0.3 is 19.3 Å². The maximum absolute atomic E-state index is 12.5. The lowest BCUT2D eigenvalue weighted by Gasteiger charge is -2.30. The summed E-state index contributed by atoms with van der Waals surface area (Å²) < 4.78 is 16.1. The van der Waals surface area contributed by atoms with E-state index in [1.807, 2.05) is 30.3 Å². The Morgan fingerprint density at radius 2 is 1.84 bits per heavy atom. The van der Waals surface area contributed by atoms with Crippen LogP contribution in [0.5, 0.6) is 11.5 Å². The number of carboxylic acid groups (broad SMARTS) is 1. The Kier molecular flexibility index (Phi) is 7.95. The SMILES string of the molecule is CCOC(=O)C(C)(C(=O)O)[C@@H](C[N+](=O)[O-])c1ccc(OC)c(OCc2ccccc2)c1. The standard InChI is InChI=1S/C22H25NO8/c1-4-30-21(26)22(2,20(24)25)17(13-23(27)28)16-10-11-18(29-3)19(12-16)31-14-15-8-6-5-7-9-15/h5-12,17H,4,13-14H2,1-3H3,(H,24,25)/t17-,22?/m0/s1. The zero-order valence-corrected chi connectivity index (χ0v) is 17.6. The van der Waals surface area contributed by atoms with E-state index in [1.54, 1.807) is 0 Å². The highest BCUT2D eigenvalue weighted by Gasteiger charge is 2.53. The third kappa shape index (κ3) is 5.50. The van der Waals surface area contributed by atoms with Gasteiger partial charge in [0.2, 0.25) is 6.54 Å². The molecule has 166 valence electrons. The lowest BCUT2D eigenvalue weighted by atomic mass is 9.73. The molecular weight excluding hydrogens is 406 g/mol. The number of hydrogen-bond donors (Lipinski definition) is 1. The second kappa shape index (κ2) is 10.4. The second-order valence-electron chi connectivity index (χ2n) is 6.98. The summed E-state index contributed by atoms with van der Waals surface area (Å²) in [6.07, 6.45) is 0. The maximum atomic E-state index is 12.5. The van der Waals surface area contributed by atoms with Crippen LogP contribution in [-0.4, -0.2) is 42.2 Å². The van der Waals surface area contributed by atoms with Crippen LogP contribution in [-0.2, 0) is 20.9 Å². The number of carbonyl (C=O) groups excluding carboxylic acids is 1. The van der Waals surface area contributed by atoms with Gasteiger partial charge >= 0.3 is 11.9 Å². The van der Waals surface area contributed by atoms with E-state index in [-0.39, 0.29) is 24.5 Å². The van der Waals surface area contributed by atoms with Crippen molar-refractivity contribution >= 4 is 11.9 Å². The van der Waals surface area contributed by atoms with Gasteiger partial charge in [-0.25, -0.2) is 0 Å². The minimum atomic E-state index is -2.17. The van der Waals surface area contributed by atoms with E-state index >= 15 is 0 Å². The van der Waals surface area contributed by atoms with Gasteiger partial charge in [0.25, 0.3) is 0 Å². The third-order valence-electron chi connectivity index (χ3n) is 5.00. The van der Waals surface area contributed by atoms with Gasteiger partial charge in [-0.15, -0.1) is 0 Å². The summed E-state index contributed by atoms with van der Waals surface area (Å²) in [4.78, 5) is 35.3. The minimum Gasteiger partial charge on any atom is -0.493 e. The van der Waals surface area contributed by atoms with Gasteiger partial charge in [-0.1, -0.05) is 36.4 Å². The molecule has 0 bridgehead atoms. The molecule has 2 aromatic carbocycles. The average Bonchev–Trinajstić information content (AvgIpc) is 2.75. The third-order valence-corrected chi connectivity index (χ3v) is 5.00. The zero-order valence-electron chi connectivity index (χ0n) is 17.6. The summed E-state index contributed by atoms with van der Waals surface area (Å²) in [6, 6.07) is 13.8. The summed E-state index contributed by atoms with van der Waals surface area (Å²) in [5, 5.41) is 21.2. The van der Waals surface area contributed by atoms with E-state index in [0.717, 1.165) is 12.5 Å². The van der Waals surface area contributed by atoms with Crippen LogP contribution in [0.2, 0.25) is 0 Å². The van der Waals surface area contributed by atoms with Gasteiger partial charge in [0.1, 0.15) is 6.61 Å². The molecule has 0 aliphatic rings. The molecule has 1 unspecified atom stereocenters. The first-order chi connectivity index (χ1) is 14.7. The molecular formula is C22H25NO8. The molecule has 0 saturated carbocycles. The van der Waals surface area contributed by atoms with E-state index in [0.29, 0.717) is 5.75 Å². The van der Waals surface area contributed by atoms with Crippen LogP contribution in [0.1, 0.15) is 30.9 Å². The number of esters is 1. The zero-order chi connectivity index (χ0) is 23.0. The molecule has 0 fully saturated rings. The molecule has 31 heavy (non-hydrogen) atoms. The highest BCUT2D eigenvalue weighted by molar-refractivity contribution is 6.00. The van der Waals surface area contributed by atoms with Crippen LogP contribution in [0.3, 0.4) is 0 Å². The molecule has 2 atom stereocenters. The van der Waals surface area contributed by atoms with Gasteiger partial charge in [-0.05, 0) is 37.1 Å². The number of aliphatic carboxylic acids is 1. The van der Waals surface area contributed by atoms with Crippen LogP contribution < -0.4 is 9.47 Å². The number of hydrogen-bond acceptors (Lipinski definition) is 7. The summed E-state index contributed by atoms with van der Waals surface area (Å²) in [5.74, 6) is -3.22. The first kappa shape index (κ1) is 23.7. The first-order valence-corrected chi connectivity index (χ1v) is 9.61. The first-order valence-electron chi connectivity index (χ1n) is 9.61. The molecule has 0 saturated heterocycles. The molecule has 0 amide bonds. The van der Waals surface area contributed by atoms with E-state index in [4.69, 9.17) is 14.2 Å². The smallest absolute Gasteiger partial charge is 0.324 e. The number of rotatable bonds is 11. The molecule has 0 aliphatic heterocycles. The molecule has 2 aromatic rings. The van der Waals surface area contributed by atoms with Gasteiger partial charge in [-0.2, -0.15) is 0 Å². The minimum absolute atomic E-state index is 0.0546. The van der Waals surface area contributed by atoms with Crippen LogP contribution in [0.15, 0.2) is 48.5 Å². The molecule has 9 nitrogen and oxygen atoms in total. The number of benzene rings is 2. The van der Waals surface area contributed by atoms with Crippen LogP contribution in [0.25, 0.3) is 0 Å². The van der Waals surface area contributed by atoms with Crippen molar-refractivity contribution in [3.05, 3.63) is 69.8 Å². The predicted molar refractivity (Wildman–Crippen MR) is 111 cm³/mol. The Morgan fingerprint density at radius 3 is 2.39 bits per heavy atom. The van der Waals surface area contributed by atoms with Crippen molar-refractivity contribution in [3.8, 4) is 11.5 Å². The number of methoxy groups -OCH3 is 1. The molecule has 0 radical (unpaired) electrons. The topological polar surface area (TPSA) is 125 Å². The van der Waals surface area contributed by atoms with Crippen molar-refractivity contribution < 1.29 is 33.8 Å². The number of nitro groups is 1. The summed E-state index contributed by atoms with van der Waals surface area (Å²) in [7, 11) is 1.44. The molecule has 0 aliphatic carbocycles. The van der Waals surface area contributed by atoms with Crippen LogP contribution in [0.4, 0.5) is 0 Å². The molecule has 0 aromatic heterocycles. The highest BCUT2D eigenvalue weighted by atomic mass is 16.6. The monoisotopic (exact) mass is 431 g/mol. The van der Waals surface area contributed by atoms with Crippen LogP contribution >= 0.6 is 0 Å². The van der Waals surface area contributed by atoms with Crippen molar-refractivity contribution in [2.45, 2.75) is 26.4 Å². The Labute approximate surface area is 179 Å². The number of carbonyl (C=O) groups is 2. The molecule has 0 heterocycles. The Hall–Kier alpha value is -3.62. The van der Waals surface area contributed by atoms with E-state index < -0.39 is 34.7 Å². The van der Waals surface area contributed by atoms with E-state index in [2.05, 4.69) is 0 Å². The lowest BCUT2D eigenvalue weighted by Crippen LogP contribution is -2.45. The fourth-order valence-corrected chi connectivity index (χ4v) is 3.19. The van der Waals surface area contributed by atoms with Crippen molar-refractivity contribution in [2.24, 2.45) is 5.41 Å². The Bertz CT molecular complexity index is 930. The molecule has 2 rings (SSSR count). The largest absolute Gasteiger partial charge is 0.493 e. The maximum Gasteiger partial charge on any atom is 0.324 e. The average molecular weight is 431 g/mol.